The number of carbonyl (C=O) groups excluding carboxylic acids is 2. The molecule has 0 saturated carbocycles. The molecule has 0 bridgehead atoms. The molecule has 6 nitrogen and oxygen atoms in total. The van der Waals surface area contributed by atoms with Gasteiger partial charge in [-0.1, -0.05) is 36.4 Å². The van der Waals surface area contributed by atoms with Crippen LogP contribution in [0.15, 0.2) is 84.0 Å². The van der Waals surface area contributed by atoms with Gasteiger partial charge >= 0.3 is 0 Å². The largest absolute Gasteiger partial charge is 0.484 e. The first-order chi connectivity index (χ1) is 14.1. The van der Waals surface area contributed by atoms with E-state index in [9.17, 15) is 9.59 Å². The van der Waals surface area contributed by atoms with E-state index in [4.69, 9.17) is 4.74 Å². The number of benzene rings is 3. The van der Waals surface area contributed by atoms with E-state index in [1.165, 1.54) is 0 Å². The number of hydrogen-bond donors (Lipinski definition) is 2. The molecule has 0 aromatic heterocycles. The van der Waals surface area contributed by atoms with Crippen molar-refractivity contribution >= 4 is 23.7 Å². The fourth-order valence-electron chi connectivity index (χ4n) is 2.57. The molecule has 6 heteroatoms. The fraction of sp³-hybridized carbons (Fsp3) is 0.0870. The van der Waals surface area contributed by atoms with Crippen molar-refractivity contribution in [2.75, 3.05) is 11.9 Å². The van der Waals surface area contributed by atoms with Gasteiger partial charge in [0, 0.05) is 11.3 Å². The van der Waals surface area contributed by atoms with E-state index in [1.807, 2.05) is 55.5 Å². The lowest BCUT2D eigenvalue weighted by Crippen LogP contribution is -2.20. The van der Waals surface area contributed by atoms with E-state index >= 15 is 0 Å². The molecule has 0 fully saturated rings. The van der Waals surface area contributed by atoms with Crippen LogP contribution in [0.2, 0.25) is 0 Å². The number of para-hydroxylation sites is 1. The number of carbonyl (C=O) groups is 2. The summed E-state index contributed by atoms with van der Waals surface area (Å²) in [6.45, 7) is 1.78. The molecule has 0 atom stereocenters. The summed E-state index contributed by atoms with van der Waals surface area (Å²) in [7, 11) is 0. The Labute approximate surface area is 169 Å². The second-order valence-electron chi connectivity index (χ2n) is 6.29. The van der Waals surface area contributed by atoms with Crippen LogP contribution in [0.1, 0.15) is 21.5 Å². The van der Waals surface area contributed by atoms with Crippen LogP contribution in [0.25, 0.3) is 0 Å². The van der Waals surface area contributed by atoms with Crippen LogP contribution in [-0.4, -0.2) is 24.6 Å². The Kier molecular flexibility index (Phi) is 6.73. The predicted molar refractivity (Wildman–Crippen MR) is 113 cm³/mol. The highest BCUT2D eigenvalue weighted by molar-refractivity contribution is 5.96. The van der Waals surface area contributed by atoms with Gasteiger partial charge in [-0.15, -0.1) is 0 Å². The van der Waals surface area contributed by atoms with Gasteiger partial charge in [0.25, 0.3) is 11.8 Å². The average Bonchev–Trinajstić information content (AvgIpc) is 2.74. The minimum atomic E-state index is -0.260. The zero-order valence-corrected chi connectivity index (χ0v) is 16.0. The predicted octanol–water partition coefficient (Wildman–Crippen LogP) is 3.78. The first-order valence-electron chi connectivity index (χ1n) is 9.08. The average molecular weight is 387 g/mol. The highest BCUT2D eigenvalue weighted by Crippen LogP contribution is 2.12. The second-order valence-corrected chi connectivity index (χ2v) is 6.29. The molecule has 3 aromatic carbocycles. The SMILES string of the molecule is Cc1ccccc1C(=O)N/N=C\c1ccc(OCC(=O)Nc2ccccc2)cc1. The maximum Gasteiger partial charge on any atom is 0.271 e. The van der Waals surface area contributed by atoms with Crippen molar-refractivity contribution in [3.8, 4) is 5.75 Å². The number of hydrogen-bond acceptors (Lipinski definition) is 4. The third kappa shape index (κ3) is 6.04. The first-order valence-corrected chi connectivity index (χ1v) is 9.08. The van der Waals surface area contributed by atoms with Crippen molar-refractivity contribution in [1.29, 1.82) is 0 Å². The molecule has 2 N–H and O–H groups in total. The van der Waals surface area contributed by atoms with Crippen LogP contribution in [0.5, 0.6) is 5.75 Å². The number of aryl methyl sites for hydroxylation is 1. The number of nitrogens with one attached hydrogen (secondary N) is 2. The third-order valence-electron chi connectivity index (χ3n) is 4.08. The minimum Gasteiger partial charge on any atom is -0.484 e. The summed E-state index contributed by atoms with van der Waals surface area (Å²) in [5, 5.41) is 6.73. The van der Waals surface area contributed by atoms with E-state index in [0.29, 0.717) is 11.3 Å². The van der Waals surface area contributed by atoms with Crippen LogP contribution in [-0.2, 0) is 4.79 Å². The molecule has 29 heavy (non-hydrogen) atoms. The molecule has 0 spiro atoms. The van der Waals surface area contributed by atoms with Crippen molar-refractivity contribution in [1.82, 2.24) is 5.43 Å². The quantitative estimate of drug-likeness (QED) is 0.478. The van der Waals surface area contributed by atoms with Gasteiger partial charge in [-0.25, -0.2) is 5.43 Å². The van der Waals surface area contributed by atoms with Gasteiger partial charge in [-0.05, 0) is 60.5 Å². The fourth-order valence-corrected chi connectivity index (χ4v) is 2.57. The van der Waals surface area contributed by atoms with Crippen molar-refractivity contribution in [3.05, 3.63) is 95.6 Å². The molecule has 0 aliphatic rings. The Morgan fingerprint density at radius 1 is 0.931 bits per heavy atom. The van der Waals surface area contributed by atoms with E-state index in [1.54, 1.807) is 36.5 Å². The number of hydrazone groups is 1. The van der Waals surface area contributed by atoms with Crippen LogP contribution < -0.4 is 15.5 Å². The van der Waals surface area contributed by atoms with Gasteiger partial charge in [-0.2, -0.15) is 5.10 Å². The van der Waals surface area contributed by atoms with Crippen LogP contribution >= 0.6 is 0 Å². The molecule has 0 radical (unpaired) electrons. The maximum atomic E-state index is 12.1. The minimum absolute atomic E-state index is 0.0885. The molecular formula is C23H21N3O3. The van der Waals surface area contributed by atoms with Crippen LogP contribution in [0.4, 0.5) is 5.69 Å². The molecule has 146 valence electrons. The van der Waals surface area contributed by atoms with E-state index in [2.05, 4.69) is 15.8 Å². The first kappa shape index (κ1) is 19.8. The summed E-state index contributed by atoms with van der Waals surface area (Å²) in [5.74, 6) is 0.0683. The molecule has 0 aliphatic heterocycles. The lowest BCUT2D eigenvalue weighted by molar-refractivity contribution is -0.118. The maximum absolute atomic E-state index is 12.1. The molecule has 0 saturated heterocycles. The zero-order chi connectivity index (χ0) is 20.5. The third-order valence-corrected chi connectivity index (χ3v) is 4.08. The highest BCUT2D eigenvalue weighted by atomic mass is 16.5. The van der Waals surface area contributed by atoms with Crippen molar-refractivity contribution in [2.45, 2.75) is 6.92 Å². The number of amides is 2. The Morgan fingerprint density at radius 2 is 1.62 bits per heavy atom. The summed E-state index contributed by atoms with van der Waals surface area (Å²) in [6, 6.07) is 23.5. The van der Waals surface area contributed by atoms with Crippen molar-refractivity contribution in [3.63, 3.8) is 0 Å². The Hall–Kier alpha value is -3.93. The molecule has 3 rings (SSSR count). The number of ether oxygens (including phenoxy) is 1. The molecular weight excluding hydrogens is 366 g/mol. The van der Waals surface area contributed by atoms with Gasteiger partial charge in [-0.3, -0.25) is 9.59 Å². The number of anilines is 1. The van der Waals surface area contributed by atoms with Gasteiger partial charge in [0.2, 0.25) is 0 Å². The van der Waals surface area contributed by atoms with Gasteiger partial charge in [0.1, 0.15) is 5.75 Å². The number of rotatable bonds is 7. The monoisotopic (exact) mass is 387 g/mol. The van der Waals surface area contributed by atoms with Crippen molar-refractivity contribution in [2.24, 2.45) is 5.10 Å². The normalized spacial score (nSPS) is 10.5. The lowest BCUT2D eigenvalue weighted by Gasteiger charge is -2.07. The number of nitrogens with zero attached hydrogens (tertiary/aromatic N) is 1. The van der Waals surface area contributed by atoms with E-state index < -0.39 is 0 Å². The molecule has 3 aromatic rings. The standard InChI is InChI=1S/C23H21N3O3/c1-17-7-5-6-10-21(17)23(28)26-24-15-18-11-13-20(14-12-18)29-16-22(27)25-19-8-3-2-4-9-19/h2-15H,16H2,1H3,(H,25,27)(H,26,28)/b24-15-. The summed E-state index contributed by atoms with van der Waals surface area (Å²) < 4.78 is 5.48. The van der Waals surface area contributed by atoms with Gasteiger partial charge in [0.15, 0.2) is 6.61 Å². The highest BCUT2D eigenvalue weighted by Gasteiger charge is 2.06. The summed E-state index contributed by atoms with van der Waals surface area (Å²) in [4.78, 5) is 24.0. The lowest BCUT2D eigenvalue weighted by atomic mass is 10.1. The smallest absolute Gasteiger partial charge is 0.271 e. The Balaban J connectivity index is 1.47. The molecule has 0 aliphatic carbocycles. The van der Waals surface area contributed by atoms with Crippen molar-refractivity contribution < 1.29 is 14.3 Å². The zero-order valence-electron chi connectivity index (χ0n) is 16.0. The Bertz CT molecular complexity index is 999. The second kappa shape index (κ2) is 9.85. The molecule has 2 amide bonds. The Morgan fingerprint density at radius 3 is 2.34 bits per heavy atom. The van der Waals surface area contributed by atoms with Gasteiger partial charge in [0.05, 0.1) is 6.21 Å². The van der Waals surface area contributed by atoms with Crippen LogP contribution in [0, 0.1) is 6.92 Å². The van der Waals surface area contributed by atoms with E-state index in [-0.39, 0.29) is 18.4 Å². The molecule has 0 heterocycles. The van der Waals surface area contributed by atoms with Gasteiger partial charge < -0.3 is 10.1 Å². The van der Waals surface area contributed by atoms with E-state index in [0.717, 1.165) is 16.8 Å². The summed E-state index contributed by atoms with van der Waals surface area (Å²) >= 11 is 0. The summed E-state index contributed by atoms with van der Waals surface area (Å²) in [6.07, 6.45) is 1.54. The summed E-state index contributed by atoms with van der Waals surface area (Å²) in [5.41, 5.74) is 5.50. The van der Waals surface area contributed by atoms with Crippen LogP contribution in [0.3, 0.4) is 0 Å². The molecule has 0 unspecified atom stereocenters. The topological polar surface area (TPSA) is 79.8 Å².